The molecule has 0 saturated heterocycles. The molecule has 0 rings (SSSR count). The second kappa shape index (κ2) is 13.6. The summed E-state index contributed by atoms with van der Waals surface area (Å²) in [6.07, 6.45) is 0. The number of carbonyl (C=O) groups excluding carboxylic acids is 3. The first-order valence-corrected chi connectivity index (χ1v) is 7.04. The van der Waals surface area contributed by atoms with Crippen molar-refractivity contribution < 1.29 is 19.2 Å². The first kappa shape index (κ1) is 21.9. The van der Waals surface area contributed by atoms with Crippen molar-refractivity contribution in [1.82, 2.24) is 15.3 Å². The lowest BCUT2D eigenvalue weighted by atomic mass is 10.4. The molecule has 0 aliphatic heterocycles. The van der Waals surface area contributed by atoms with Gasteiger partial charge in [0.15, 0.2) is 0 Å². The Morgan fingerprint density at radius 2 is 1.57 bits per heavy atom. The maximum Gasteiger partial charge on any atom is 0.316 e. The number of carbonyl (C=O) groups is 3. The molecule has 9 heteroatoms. The van der Waals surface area contributed by atoms with E-state index in [0.29, 0.717) is 19.7 Å². The normalized spacial score (nSPS) is 9.24. The first-order valence-electron chi connectivity index (χ1n) is 6.66. The van der Waals surface area contributed by atoms with Crippen molar-refractivity contribution in [2.24, 2.45) is 5.73 Å². The summed E-state index contributed by atoms with van der Waals surface area (Å²) in [5.74, 6) is -0.762. The van der Waals surface area contributed by atoms with Gasteiger partial charge in [-0.05, 0) is 39.4 Å². The molecule has 0 aliphatic rings. The minimum atomic E-state index is -0.689. The lowest BCUT2D eigenvalue weighted by Crippen LogP contribution is -2.45. The highest BCUT2D eigenvalue weighted by molar-refractivity contribution is 6.62. The molecular formula is C12H25ClN4O4. The number of hydrogen-bond donors (Lipinski definition) is 2. The van der Waals surface area contributed by atoms with E-state index >= 15 is 0 Å². The molecule has 3 N–H and O–H groups in total. The number of amides is 3. The van der Waals surface area contributed by atoms with E-state index in [-0.39, 0.29) is 19.0 Å². The zero-order valence-corrected chi connectivity index (χ0v) is 13.8. The minimum Gasteiger partial charge on any atom is -0.333 e. The van der Waals surface area contributed by atoms with Crippen molar-refractivity contribution in [2.45, 2.75) is 20.8 Å². The van der Waals surface area contributed by atoms with Gasteiger partial charge in [-0.2, -0.15) is 0 Å². The molecule has 0 aromatic heterocycles. The Hall–Kier alpha value is -1.38. The van der Waals surface area contributed by atoms with Crippen molar-refractivity contribution in [1.29, 1.82) is 0 Å². The van der Waals surface area contributed by atoms with E-state index in [1.165, 1.54) is 16.8 Å². The second-order valence-corrected chi connectivity index (χ2v) is 3.96. The highest BCUT2D eigenvalue weighted by Crippen LogP contribution is 1.99. The molecule has 0 aromatic rings. The third-order valence-corrected chi connectivity index (χ3v) is 2.59. The van der Waals surface area contributed by atoms with E-state index in [1.54, 1.807) is 20.8 Å². The van der Waals surface area contributed by atoms with E-state index in [9.17, 15) is 14.4 Å². The molecule has 124 valence electrons. The first-order chi connectivity index (χ1) is 9.96. The van der Waals surface area contributed by atoms with Crippen LogP contribution < -0.4 is 11.2 Å². The van der Waals surface area contributed by atoms with E-state index < -0.39 is 11.3 Å². The fourth-order valence-electron chi connectivity index (χ4n) is 1.30. The Balaban J connectivity index is 0. The lowest BCUT2D eigenvalue weighted by Gasteiger charge is -2.24. The molecule has 0 saturated carbocycles. The van der Waals surface area contributed by atoms with Gasteiger partial charge >= 0.3 is 5.37 Å². The highest BCUT2D eigenvalue weighted by Gasteiger charge is 2.20. The molecule has 0 aromatic carbocycles. The lowest BCUT2D eigenvalue weighted by molar-refractivity contribution is -0.141. The van der Waals surface area contributed by atoms with Gasteiger partial charge in [0.05, 0.1) is 6.61 Å². The number of rotatable bonds is 8. The molecule has 0 aliphatic carbocycles. The zero-order chi connectivity index (χ0) is 16.8. The molecule has 0 bridgehead atoms. The molecule has 0 fully saturated rings. The van der Waals surface area contributed by atoms with E-state index in [2.05, 4.69) is 11.2 Å². The quantitative estimate of drug-likeness (QED) is 0.376. The van der Waals surface area contributed by atoms with Gasteiger partial charge in [-0.15, -0.1) is 0 Å². The van der Waals surface area contributed by atoms with Crippen molar-refractivity contribution in [3.8, 4) is 0 Å². The van der Waals surface area contributed by atoms with Crippen LogP contribution in [0.5, 0.6) is 0 Å². The van der Waals surface area contributed by atoms with Crippen molar-refractivity contribution in [2.75, 3.05) is 39.8 Å². The third kappa shape index (κ3) is 10.1. The minimum absolute atomic E-state index is 0.122. The van der Waals surface area contributed by atoms with E-state index in [1.807, 2.05) is 0 Å². The van der Waals surface area contributed by atoms with Crippen LogP contribution in [-0.4, -0.2) is 66.8 Å². The topological polar surface area (TPSA) is 105 Å². The summed E-state index contributed by atoms with van der Waals surface area (Å²) < 4.78 is 0. The number of nitrogens with one attached hydrogen (secondary N) is 1. The fourth-order valence-corrected chi connectivity index (χ4v) is 1.48. The second-order valence-electron chi connectivity index (χ2n) is 3.63. The molecule has 0 radical (unpaired) electrons. The predicted octanol–water partition coefficient (Wildman–Crippen LogP) is 0.158. The Labute approximate surface area is 130 Å². The summed E-state index contributed by atoms with van der Waals surface area (Å²) >= 11 is 5.33. The molecule has 3 amide bonds. The predicted molar refractivity (Wildman–Crippen MR) is 80.6 cm³/mol. The number of likely N-dealkylation sites (N-methyl/N-ethyl adjacent to an activating group) is 2. The molecule has 0 unspecified atom stereocenters. The number of halogens is 1. The van der Waals surface area contributed by atoms with Crippen molar-refractivity contribution in [3.63, 3.8) is 0 Å². The van der Waals surface area contributed by atoms with Crippen LogP contribution in [-0.2, 0) is 14.4 Å². The average Bonchev–Trinajstić information content (AvgIpc) is 2.49. The molecule has 0 spiro atoms. The number of hydroxylamine groups is 1. The van der Waals surface area contributed by atoms with Gasteiger partial charge in [0, 0.05) is 13.1 Å². The van der Waals surface area contributed by atoms with Crippen molar-refractivity contribution in [3.05, 3.63) is 0 Å². The van der Waals surface area contributed by atoms with Crippen LogP contribution in [0.25, 0.3) is 0 Å². The fraction of sp³-hybridized carbons (Fsp3) is 0.750. The monoisotopic (exact) mass is 324 g/mol. The Morgan fingerprint density at radius 3 is 1.95 bits per heavy atom. The van der Waals surface area contributed by atoms with Crippen molar-refractivity contribution >= 4 is 28.8 Å². The summed E-state index contributed by atoms with van der Waals surface area (Å²) in [6.45, 7) is 5.95. The van der Waals surface area contributed by atoms with Gasteiger partial charge < -0.3 is 15.5 Å². The van der Waals surface area contributed by atoms with Crippen LogP contribution in [0, 0.1) is 0 Å². The third-order valence-electron chi connectivity index (χ3n) is 2.36. The van der Waals surface area contributed by atoms with Crippen LogP contribution in [0.4, 0.5) is 4.79 Å². The zero-order valence-electron chi connectivity index (χ0n) is 13.0. The maximum absolute atomic E-state index is 11.9. The Kier molecular flexibility index (Phi) is 14.2. The summed E-state index contributed by atoms with van der Waals surface area (Å²) in [7, 11) is 1.50. The molecule has 0 heterocycles. The molecule has 21 heavy (non-hydrogen) atoms. The number of nitrogens with two attached hydrogens (primary N) is 1. The Morgan fingerprint density at radius 1 is 1.05 bits per heavy atom. The van der Waals surface area contributed by atoms with Gasteiger partial charge in [0.2, 0.25) is 5.91 Å². The largest absolute Gasteiger partial charge is 0.333 e. The standard InChI is InChI=1S/C11H20ClN3O4.CH5N/c1-4-14(7-9(16)13-19-6-3)10(17)8-15(5-2)11(12)18;1-2/h4-8H2,1-3H3,(H,13,16);2H2,1H3. The van der Waals surface area contributed by atoms with Crippen LogP contribution in [0.15, 0.2) is 0 Å². The van der Waals surface area contributed by atoms with Crippen LogP contribution in [0.1, 0.15) is 20.8 Å². The van der Waals surface area contributed by atoms with Gasteiger partial charge in [-0.25, -0.2) is 5.48 Å². The van der Waals surface area contributed by atoms with Crippen LogP contribution in [0.3, 0.4) is 0 Å². The molecule has 8 nitrogen and oxygen atoms in total. The number of nitrogens with zero attached hydrogens (tertiary/aromatic N) is 2. The highest BCUT2D eigenvalue weighted by atomic mass is 35.5. The molecule has 0 atom stereocenters. The summed E-state index contributed by atoms with van der Waals surface area (Å²) in [5, 5.41) is -0.689. The number of hydrogen-bond acceptors (Lipinski definition) is 5. The maximum atomic E-state index is 11.9. The van der Waals surface area contributed by atoms with Crippen LogP contribution in [0.2, 0.25) is 0 Å². The summed E-state index contributed by atoms with van der Waals surface area (Å²) in [6, 6.07) is 0. The van der Waals surface area contributed by atoms with Gasteiger partial charge in [0.1, 0.15) is 13.1 Å². The van der Waals surface area contributed by atoms with E-state index in [4.69, 9.17) is 16.4 Å². The summed E-state index contributed by atoms with van der Waals surface area (Å²) in [4.78, 5) is 41.6. The smallest absolute Gasteiger partial charge is 0.316 e. The van der Waals surface area contributed by atoms with Gasteiger partial charge in [-0.1, -0.05) is 0 Å². The van der Waals surface area contributed by atoms with Crippen LogP contribution >= 0.6 is 11.6 Å². The SMILES string of the molecule is CCONC(=O)CN(CC)C(=O)CN(CC)C(=O)Cl.CN. The van der Waals surface area contributed by atoms with Gasteiger partial charge in [-0.3, -0.25) is 19.2 Å². The van der Waals surface area contributed by atoms with Gasteiger partial charge in [0.25, 0.3) is 5.91 Å². The Bertz CT molecular complexity index is 328. The molecular weight excluding hydrogens is 300 g/mol. The average molecular weight is 325 g/mol. The van der Waals surface area contributed by atoms with E-state index in [0.717, 1.165) is 0 Å². The summed E-state index contributed by atoms with van der Waals surface area (Å²) in [5.41, 5.74) is 6.70.